The van der Waals surface area contributed by atoms with Gasteiger partial charge in [0.25, 0.3) is 0 Å². The van der Waals surface area contributed by atoms with Crippen molar-refractivity contribution in [2.45, 2.75) is 50.4 Å². The largest absolute Gasteiger partial charge is 0.486 e. The van der Waals surface area contributed by atoms with Crippen LogP contribution in [-0.2, 0) is 9.53 Å². The number of fused-ring (bicyclic) bond motifs is 1. The van der Waals surface area contributed by atoms with Crippen LogP contribution in [-0.4, -0.2) is 84.6 Å². The molecular weight excluding hydrogens is 372 g/mol. The number of morpholine rings is 1. The molecule has 0 aromatic heterocycles. The Kier molecular flexibility index (Phi) is 6.27. The van der Waals surface area contributed by atoms with E-state index in [9.17, 15) is 9.90 Å². The number of piperidine rings is 1. The molecule has 2 atom stereocenters. The van der Waals surface area contributed by atoms with Crippen molar-refractivity contribution in [1.29, 1.82) is 0 Å². The first-order chi connectivity index (χ1) is 14.1. The molecule has 0 bridgehead atoms. The third kappa shape index (κ3) is 4.68. The number of para-hydroxylation sites is 2. The Hall–Kier alpha value is -1.83. The standard InChI is InChI=1S/C22H32N2O5/c1-2-3-10-24-16-22(28-15-21(24)26)8-11-23(12-9-22)13-17(25)20-14-27-18-6-4-5-7-19(18)29-20/h4-7,17,20,25H,2-3,8-16H2,1H3. The number of hydrogen-bond acceptors (Lipinski definition) is 6. The molecule has 0 saturated carbocycles. The van der Waals surface area contributed by atoms with Crippen LogP contribution in [0.15, 0.2) is 24.3 Å². The van der Waals surface area contributed by atoms with Crippen molar-refractivity contribution in [3.63, 3.8) is 0 Å². The van der Waals surface area contributed by atoms with E-state index >= 15 is 0 Å². The van der Waals surface area contributed by atoms with Gasteiger partial charge in [-0.05, 0) is 31.4 Å². The number of amides is 1. The normalized spacial score (nSPS) is 25.2. The van der Waals surface area contributed by atoms with Gasteiger partial charge in [0.15, 0.2) is 17.6 Å². The van der Waals surface area contributed by atoms with Crippen LogP contribution in [0, 0.1) is 0 Å². The van der Waals surface area contributed by atoms with E-state index in [-0.39, 0.29) is 24.2 Å². The molecule has 2 saturated heterocycles. The SMILES string of the molecule is CCCCN1CC2(CCN(CC(O)C3COc4ccccc4O3)CC2)OCC1=O. The van der Waals surface area contributed by atoms with Crippen molar-refractivity contribution in [1.82, 2.24) is 9.80 Å². The highest BCUT2D eigenvalue weighted by molar-refractivity contribution is 5.78. The second-order valence-electron chi connectivity index (χ2n) is 8.42. The van der Waals surface area contributed by atoms with E-state index < -0.39 is 6.10 Å². The van der Waals surface area contributed by atoms with Crippen LogP contribution in [0.25, 0.3) is 0 Å². The summed E-state index contributed by atoms with van der Waals surface area (Å²) in [5, 5.41) is 10.7. The highest BCUT2D eigenvalue weighted by Crippen LogP contribution is 2.33. The zero-order valence-corrected chi connectivity index (χ0v) is 17.2. The van der Waals surface area contributed by atoms with Crippen LogP contribution in [0.2, 0.25) is 0 Å². The number of nitrogens with zero attached hydrogens (tertiary/aromatic N) is 2. The second-order valence-corrected chi connectivity index (χ2v) is 8.42. The lowest BCUT2D eigenvalue weighted by Crippen LogP contribution is -2.59. The highest BCUT2D eigenvalue weighted by atomic mass is 16.6. The van der Waals surface area contributed by atoms with E-state index in [0.29, 0.717) is 25.4 Å². The van der Waals surface area contributed by atoms with Gasteiger partial charge in [-0.2, -0.15) is 0 Å². The monoisotopic (exact) mass is 404 g/mol. The summed E-state index contributed by atoms with van der Waals surface area (Å²) in [5.74, 6) is 1.52. The summed E-state index contributed by atoms with van der Waals surface area (Å²) in [7, 11) is 0. The Bertz CT molecular complexity index is 704. The van der Waals surface area contributed by atoms with Crippen molar-refractivity contribution < 1.29 is 24.1 Å². The zero-order valence-electron chi connectivity index (χ0n) is 17.2. The van der Waals surface area contributed by atoms with Gasteiger partial charge in [-0.15, -0.1) is 0 Å². The number of rotatable bonds is 6. The molecule has 1 spiro atoms. The minimum atomic E-state index is -0.618. The van der Waals surface area contributed by atoms with Gasteiger partial charge in [0.1, 0.15) is 19.3 Å². The number of β-amino-alcohol motifs (C(OH)–C–C–N with tert-alkyl or cyclic N) is 1. The summed E-state index contributed by atoms with van der Waals surface area (Å²) in [5.41, 5.74) is -0.230. The lowest BCUT2D eigenvalue weighted by molar-refractivity contribution is -0.172. The molecule has 1 N–H and O–H groups in total. The average Bonchev–Trinajstić information content (AvgIpc) is 2.76. The van der Waals surface area contributed by atoms with Crippen LogP contribution in [0.5, 0.6) is 11.5 Å². The van der Waals surface area contributed by atoms with Gasteiger partial charge in [0.2, 0.25) is 5.91 Å². The van der Waals surface area contributed by atoms with Crippen LogP contribution < -0.4 is 9.47 Å². The molecule has 160 valence electrons. The molecule has 29 heavy (non-hydrogen) atoms. The lowest BCUT2D eigenvalue weighted by Gasteiger charge is -2.47. The summed E-state index contributed by atoms with van der Waals surface area (Å²) in [6, 6.07) is 7.55. The number of carbonyl (C=O) groups is 1. The summed E-state index contributed by atoms with van der Waals surface area (Å²) >= 11 is 0. The molecule has 3 heterocycles. The fraction of sp³-hybridized carbons (Fsp3) is 0.682. The Morgan fingerprint density at radius 3 is 2.76 bits per heavy atom. The Morgan fingerprint density at radius 1 is 1.24 bits per heavy atom. The molecule has 1 aromatic carbocycles. The summed E-state index contributed by atoms with van der Waals surface area (Å²) < 4.78 is 17.7. The van der Waals surface area contributed by atoms with Crippen molar-refractivity contribution in [3.8, 4) is 11.5 Å². The van der Waals surface area contributed by atoms with Gasteiger partial charge in [-0.3, -0.25) is 4.79 Å². The van der Waals surface area contributed by atoms with Crippen LogP contribution in [0.1, 0.15) is 32.6 Å². The molecule has 1 amide bonds. The van der Waals surface area contributed by atoms with E-state index in [0.717, 1.165) is 51.1 Å². The van der Waals surface area contributed by atoms with Crippen molar-refractivity contribution >= 4 is 5.91 Å². The maximum atomic E-state index is 12.1. The third-order valence-corrected chi connectivity index (χ3v) is 6.29. The molecule has 7 nitrogen and oxygen atoms in total. The van der Waals surface area contributed by atoms with E-state index in [1.54, 1.807) is 0 Å². The smallest absolute Gasteiger partial charge is 0.248 e. The molecule has 0 radical (unpaired) electrons. The van der Waals surface area contributed by atoms with Crippen molar-refractivity contribution in [2.24, 2.45) is 0 Å². The van der Waals surface area contributed by atoms with Gasteiger partial charge in [-0.25, -0.2) is 0 Å². The zero-order chi connectivity index (χ0) is 20.3. The molecule has 3 aliphatic heterocycles. The average molecular weight is 405 g/mol. The highest BCUT2D eigenvalue weighted by Gasteiger charge is 2.42. The minimum absolute atomic E-state index is 0.108. The van der Waals surface area contributed by atoms with E-state index in [1.165, 1.54) is 0 Å². The van der Waals surface area contributed by atoms with Crippen LogP contribution >= 0.6 is 0 Å². The number of carbonyl (C=O) groups excluding carboxylic acids is 1. The van der Waals surface area contributed by atoms with Gasteiger partial charge in [0.05, 0.1) is 5.60 Å². The van der Waals surface area contributed by atoms with Crippen LogP contribution in [0.4, 0.5) is 0 Å². The minimum Gasteiger partial charge on any atom is -0.486 e. The number of aliphatic hydroxyl groups excluding tert-OH is 1. The third-order valence-electron chi connectivity index (χ3n) is 6.29. The number of aliphatic hydroxyl groups is 1. The maximum Gasteiger partial charge on any atom is 0.248 e. The summed E-state index contributed by atoms with van der Waals surface area (Å²) in [6.07, 6.45) is 2.88. The fourth-order valence-corrected chi connectivity index (χ4v) is 4.39. The number of likely N-dealkylation sites (tertiary alicyclic amines) is 1. The molecule has 3 aliphatic rings. The van der Waals surface area contributed by atoms with E-state index in [4.69, 9.17) is 14.2 Å². The fourth-order valence-electron chi connectivity index (χ4n) is 4.39. The van der Waals surface area contributed by atoms with Crippen molar-refractivity contribution in [3.05, 3.63) is 24.3 Å². The van der Waals surface area contributed by atoms with E-state index in [2.05, 4.69) is 11.8 Å². The first-order valence-corrected chi connectivity index (χ1v) is 10.8. The predicted molar refractivity (Wildman–Crippen MR) is 108 cm³/mol. The van der Waals surface area contributed by atoms with E-state index in [1.807, 2.05) is 29.2 Å². The van der Waals surface area contributed by atoms with Gasteiger partial charge >= 0.3 is 0 Å². The quantitative estimate of drug-likeness (QED) is 0.778. The number of hydrogen-bond donors (Lipinski definition) is 1. The summed E-state index contributed by atoms with van der Waals surface area (Å²) in [6.45, 7) is 6.44. The molecule has 7 heteroatoms. The molecule has 0 aliphatic carbocycles. The first kappa shape index (κ1) is 20.4. The molecule has 2 unspecified atom stereocenters. The predicted octanol–water partition coefficient (Wildman–Crippen LogP) is 1.68. The number of benzene rings is 1. The molecule has 2 fully saturated rings. The second kappa shape index (κ2) is 8.90. The number of unbranched alkanes of at least 4 members (excludes halogenated alkanes) is 1. The van der Waals surface area contributed by atoms with Crippen molar-refractivity contribution in [2.75, 3.05) is 45.9 Å². The summed E-state index contributed by atoms with van der Waals surface area (Å²) in [4.78, 5) is 16.4. The Labute approximate surface area is 172 Å². The molecule has 1 aromatic rings. The van der Waals surface area contributed by atoms with Gasteiger partial charge < -0.3 is 29.1 Å². The topological polar surface area (TPSA) is 71.5 Å². The lowest BCUT2D eigenvalue weighted by atomic mass is 9.89. The molecular formula is C22H32N2O5. The Morgan fingerprint density at radius 2 is 2.00 bits per heavy atom. The Balaban J connectivity index is 1.27. The maximum absolute atomic E-state index is 12.1. The molecule has 4 rings (SSSR count). The van der Waals surface area contributed by atoms with Gasteiger partial charge in [0, 0.05) is 32.7 Å². The first-order valence-electron chi connectivity index (χ1n) is 10.8. The van der Waals surface area contributed by atoms with Crippen LogP contribution in [0.3, 0.4) is 0 Å². The van der Waals surface area contributed by atoms with Gasteiger partial charge in [-0.1, -0.05) is 25.5 Å². The number of ether oxygens (including phenoxy) is 3.